The van der Waals surface area contributed by atoms with Gasteiger partial charge in [0.05, 0.1) is 5.56 Å². The van der Waals surface area contributed by atoms with E-state index in [0.717, 1.165) is 47.6 Å². The highest BCUT2D eigenvalue weighted by molar-refractivity contribution is 7.80. The van der Waals surface area contributed by atoms with Gasteiger partial charge < -0.3 is 10.6 Å². The minimum Gasteiger partial charge on any atom is -0.323 e. The summed E-state index contributed by atoms with van der Waals surface area (Å²) in [7, 11) is 0. The van der Waals surface area contributed by atoms with E-state index < -0.39 is 0 Å². The van der Waals surface area contributed by atoms with Crippen LogP contribution in [-0.4, -0.2) is 11.0 Å². The van der Waals surface area contributed by atoms with Crippen LogP contribution >= 0.6 is 23.6 Å². The molecule has 0 radical (unpaired) electrons. The number of anilines is 1. The molecule has 1 atom stereocenters. The second kappa shape index (κ2) is 7.35. The third-order valence-electron chi connectivity index (χ3n) is 7.80. The van der Waals surface area contributed by atoms with E-state index in [1.54, 1.807) is 11.3 Å². The molecule has 1 amide bonds. The zero-order chi connectivity index (χ0) is 20.2. The van der Waals surface area contributed by atoms with E-state index in [-0.39, 0.29) is 11.3 Å². The predicted octanol–water partition coefficient (Wildman–Crippen LogP) is 5.16. The molecule has 154 valence electrons. The molecule has 5 aliphatic carbocycles. The van der Waals surface area contributed by atoms with Crippen LogP contribution < -0.4 is 10.6 Å². The van der Waals surface area contributed by atoms with Gasteiger partial charge in [-0.3, -0.25) is 4.79 Å². The quantitative estimate of drug-likeness (QED) is 0.654. The number of fused-ring (bicyclic) bond motifs is 1. The number of nitrogens with zero attached hydrogens (tertiary/aromatic N) is 1. The van der Waals surface area contributed by atoms with Crippen LogP contribution in [0.5, 0.6) is 0 Å². The molecular weight excluding hydrogens is 398 g/mol. The van der Waals surface area contributed by atoms with Crippen LogP contribution in [0.15, 0.2) is 0 Å². The Balaban J connectivity index is 1.23. The Morgan fingerprint density at radius 2 is 1.90 bits per heavy atom. The van der Waals surface area contributed by atoms with Gasteiger partial charge in [0, 0.05) is 11.3 Å². The van der Waals surface area contributed by atoms with E-state index in [2.05, 4.69) is 23.6 Å². The number of amides is 1. The number of hydrogen-bond donors (Lipinski definition) is 2. The molecule has 0 saturated heterocycles. The third kappa shape index (κ3) is 3.72. The van der Waals surface area contributed by atoms with Gasteiger partial charge in [0.25, 0.3) is 0 Å². The molecule has 4 saturated carbocycles. The Labute approximate surface area is 182 Å². The maximum atomic E-state index is 12.8. The summed E-state index contributed by atoms with van der Waals surface area (Å²) < 4.78 is 0. The number of carbonyl (C=O) groups is 1. The van der Waals surface area contributed by atoms with Gasteiger partial charge in [0.2, 0.25) is 5.91 Å². The number of nitriles is 1. The van der Waals surface area contributed by atoms with Crippen molar-refractivity contribution in [3.05, 3.63) is 16.0 Å². The largest absolute Gasteiger partial charge is 0.323 e. The minimum atomic E-state index is 0.0397. The van der Waals surface area contributed by atoms with E-state index in [4.69, 9.17) is 12.2 Å². The van der Waals surface area contributed by atoms with Crippen LogP contribution in [-0.2, 0) is 17.6 Å². The maximum Gasteiger partial charge on any atom is 0.226 e. The summed E-state index contributed by atoms with van der Waals surface area (Å²) >= 11 is 7.08. The highest BCUT2D eigenvalue weighted by atomic mass is 32.1. The van der Waals surface area contributed by atoms with Crippen molar-refractivity contribution in [2.75, 3.05) is 5.32 Å². The first-order valence-electron chi connectivity index (χ1n) is 11.1. The van der Waals surface area contributed by atoms with Crippen molar-refractivity contribution in [2.24, 2.45) is 29.1 Å². The summed E-state index contributed by atoms with van der Waals surface area (Å²) in [5, 5.41) is 16.9. The van der Waals surface area contributed by atoms with Crippen molar-refractivity contribution in [1.29, 1.82) is 5.26 Å². The maximum absolute atomic E-state index is 12.8. The van der Waals surface area contributed by atoms with Gasteiger partial charge in [-0.15, -0.1) is 11.3 Å². The Morgan fingerprint density at radius 3 is 2.52 bits per heavy atom. The lowest BCUT2D eigenvalue weighted by Crippen LogP contribution is -2.48. The molecule has 1 aromatic rings. The standard InChI is InChI=1S/C23H29N3OS2/c1-13-2-3-17-18(12-24)21(29-19(17)4-13)26-22(28)25-20(27)11-23-8-14-5-15(9-23)7-16(6-14)10-23/h13-16H,2-11H2,1H3,(H2,25,26,27,28). The van der Waals surface area contributed by atoms with E-state index in [9.17, 15) is 10.1 Å². The molecular formula is C23H29N3OS2. The number of nitrogens with one attached hydrogen (secondary N) is 2. The molecule has 0 aliphatic heterocycles. The predicted molar refractivity (Wildman–Crippen MR) is 120 cm³/mol. The molecule has 4 fully saturated rings. The zero-order valence-corrected chi connectivity index (χ0v) is 18.7. The lowest BCUT2D eigenvalue weighted by atomic mass is 9.49. The Kier molecular flexibility index (Phi) is 4.95. The van der Waals surface area contributed by atoms with E-state index in [0.29, 0.717) is 17.5 Å². The molecule has 0 aromatic carbocycles. The van der Waals surface area contributed by atoms with Crippen molar-refractivity contribution in [3.8, 4) is 6.07 Å². The van der Waals surface area contributed by atoms with E-state index in [1.165, 1.54) is 49.0 Å². The van der Waals surface area contributed by atoms with Gasteiger partial charge in [-0.25, -0.2) is 0 Å². The van der Waals surface area contributed by atoms with Crippen LogP contribution in [0.4, 0.5) is 5.00 Å². The van der Waals surface area contributed by atoms with Gasteiger partial charge >= 0.3 is 0 Å². The van der Waals surface area contributed by atoms with Gasteiger partial charge in [-0.1, -0.05) is 6.92 Å². The molecule has 4 bridgehead atoms. The van der Waals surface area contributed by atoms with Crippen molar-refractivity contribution < 1.29 is 4.79 Å². The smallest absolute Gasteiger partial charge is 0.226 e. The first kappa shape index (κ1) is 19.5. The number of rotatable bonds is 3. The average Bonchev–Trinajstić information content (AvgIpc) is 2.95. The lowest BCUT2D eigenvalue weighted by molar-refractivity contribution is -0.127. The van der Waals surface area contributed by atoms with Gasteiger partial charge in [-0.05, 0) is 105 Å². The fourth-order valence-electron chi connectivity index (χ4n) is 7.11. The van der Waals surface area contributed by atoms with Crippen molar-refractivity contribution in [3.63, 3.8) is 0 Å². The average molecular weight is 428 g/mol. The first-order chi connectivity index (χ1) is 13.9. The molecule has 5 aliphatic rings. The monoisotopic (exact) mass is 427 g/mol. The fourth-order valence-corrected chi connectivity index (χ4v) is 8.76. The van der Waals surface area contributed by atoms with Crippen molar-refractivity contribution >= 4 is 39.6 Å². The molecule has 4 nitrogen and oxygen atoms in total. The molecule has 1 aromatic heterocycles. The Morgan fingerprint density at radius 1 is 1.24 bits per heavy atom. The number of thiocarbonyl (C=S) groups is 1. The molecule has 0 spiro atoms. The van der Waals surface area contributed by atoms with Crippen LogP contribution in [0.25, 0.3) is 0 Å². The Bertz CT molecular complexity index is 861. The van der Waals surface area contributed by atoms with Crippen LogP contribution in [0.2, 0.25) is 0 Å². The highest BCUT2D eigenvalue weighted by Crippen LogP contribution is 2.61. The molecule has 1 heterocycles. The SMILES string of the molecule is CC1CCc2c(sc(NC(=S)NC(=O)CC34CC5CC(CC(C5)C3)C4)c2C#N)C1. The fraction of sp³-hybridized carbons (Fsp3) is 0.696. The van der Waals surface area contributed by atoms with Crippen LogP contribution in [0.1, 0.15) is 74.3 Å². The number of hydrogen-bond acceptors (Lipinski definition) is 4. The normalized spacial score (nSPS) is 34.3. The summed E-state index contributed by atoms with van der Waals surface area (Å²) in [5.41, 5.74) is 2.11. The van der Waals surface area contributed by atoms with Crippen molar-refractivity contribution in [2.45, 2.75) is 71.1 Å². The van der Waals surface area contributed by atoms with E-state index in [1.807, 2.05) is 0 Å². The molecule has 1 unspecified atom stereocenters. The van der Waals surface area contributed by atoms with Crippen LogP contribution in [0.3, 0.4) is 0 Å². The second-order valence-corrected chi connectivity index (χ2v) is 11.8. The van der Waals surface area contributed by atoms with Gasteiger partial charge in [0.1, 0.15) is 11.1 Å². The topological polar surface area (TPSA) is 64.9 Å². The molecule has 6 rings (SSSR count). The second-order valence-electron chi connectivity index (χ2n) is 10.3. The lowest BCUT2D eigenvalue weighted by Gasteiger charge is -2.56. The summed E-state index contributed by atoms with van der Waals surface area (Å²) in [5.74, 6) is 3.23. The number of thiophene rings is 1. The molecule has 6 heteroatoms. The molecule has 2 N–H and O–H groups in total. The Hall–Kier alpha value is -1.45. The number of carbonyl (C=O) groups excluding carboxylic acids is 1. The minimum absolute atomic E-state index is 0.0397. The van der Waals surface area contributed by atoms with Gasteiger partial charge in [-0.2, -0.15) is 5.26 Å². The zero-order valence-electron chi connectivity index (χ0n) is 17.1. The summed E-state index contributed by atoms with van der Waals surface area (Å²) in [6.45, 7) is 2.26. The first-order valence-corrected chi connectivity index (χ1v) is 12.3. The summed E-state index contributed by atoms with van der Waals surface area (Å²) in [6.07, 6.45) is 11.6. The summed E-state index contributed by atoms with van der Waals surface area (Å²) in [4.78, 5) is 14.1. The highest BCUT2D eigenvalue weighted by Gasteiger charge is 2.51. The van der Waals surface area contributed by atoms with Crippen molar-refractivity contribution in [1.82, 2.24) is 5.32 Å². The molecule has 29 heavy (non-hydrogen) atoms. The van der Waals surface area contributed by atoms with E-state index >= 15 is 0 Å². The third-order valence-corrected chi connectivity index (χ3v) is 9.18. The summed E-state index contributed by atoms with van der Waals surface area (Å²) in [6, 6.07) is 2.36. The van der Waals surface area contributed by atoms with Gasteiger partial charge in [0.15, 0.2) is 5.11 Å². The van der Waals surface area contributed by atoms with Crippen LogP contribution in [0, 0.1) is 40.4 Å².